The molecule has 2 N–H and O–H groups in total. The van der Waals surface area contributed by atoms with Crippen LogP contribution in [-0.2, 0) is 6.42 Å². The van der Waals surface area contributed by atoms with Crippen LogP contribution >= 0.6 is 11.3 Å². The standard InChI is InChI=1S/C14H17FN2S/c1-8-4-5-11(6-12(8)15)13(16)7-14-17-9(2)10(3)18-14/h4-6,13H,7,16H2,1-3H3. The molecule has 0 amide bonds. The Kier molecular flexibility index (Phi) is 3.78. The van der Waals surface area contributed by atoms with E-state index < -0.39 is 0 Å². The minimum atomic E-state index is -0.204. The summed E-state index contributed by atoms with van der Waals surface area (Å²) in [5, 5.41) is 1.01. The second kappa shape index (κ2) is 5.16. The van der Waals surface area contributed by atoms with Crippen LogP contribution in [0.25, 0.3) is 0 Å². The fourth-order valence-corrected chi connectivity index (χ4v) is 2.76. The SMILES string of the molecule is Cc1ccc(C(N)Cc2nc(C)c(C)s2)cc1F. The zero-order valence-electron chi connectivity index (χ0n) is 10.8. The Balaban J connectivity index is 2.16. The van der Waals surface area contributed by atoms with Gasteiger partial charge in [-0.25, -0.2) is 9.37 Å². The summed E-state index contributed by atoms with van der Waals surface area (Å²) >= 11 is 1.66. The molecular formula is C14H17FN2S. The van der Waals surface area contributed by atoms with E-state index in [1.165, 1.54) is 10.9 Å². The molecule has 1 aromatic carbocycles. The van der Waals surface area contributed by atoms with Crippen LogP contribution in [0, 0.1) is 26.6 Å². The molecule has 18 heavy (non-hydrogen) atoms. The molecule has 4 heteroatoms. The van der Waals surface area contributed by atoms with Crippen molar-refractivity contribution in [3.8, 4) is 0 Å². The van der Waals surface area contributed by atoms with Gasteiger partial charge in [-0.15, -0.1) is 11.3 Å². The number of benzene rings is 1. The van der Waals surface area contributed by atoms with Crippen molar-refractivity contribution in [3.63, 3.8) is 0 Å². The smallest absolute Gasteiger partial charge is 0.126 e. The first kappa shape index (κ1) is 13.2. The summed E-state index contributed by atoms with van der Waals surface area (Å²) in [6.45, 7) is 5.79. The van der Waals surface area contributed by atoms with Crippen molar-refractivity contribution >= 4 is 11.3 Å². The van der Waals surface area contributed by atoms with Gasteiger partial charge in [0, 0.05) is 17.3 Å². The third-order valence-electron chi connectivity index (χ3n) is 3.09. The number of halogens is 1. The summed E-state index contributed by atoms with van der Waals surface area (Å²) in [6.07, 6.45) is 0.655. The molecule has 2 rings (SSSR count). The predicted octanol–water partition coefficient (Wildman–Crippen LogP) is 3.45. The molecule has 0 saturated carbocycles. The van der Waals surface area contributed by atoms with Gasteiger partial charge in [0.1, 0.15) is 5.82 Å². The Hall–Kier alpha value is -1.26. The molecule has 2 nitrogen and oxygen atoms in total. The first-order chi connectivity index (χ1) is 8.47. The van der Waals surface area contributed by atoms with Gasteiger partial charge in [0.05, 0.1) is 10.7 Å². The topological polar surface area (TPSA) is 38.9 Å². The van der Waals surface area contributed by atoms with Crippen LogP contribution in [0.1, 0.15) is 32.7 Å². The lowest BCUT2D eigenvalue weighted by atomic mass is 10.0. The van der Waals surface area contributed by atoms with Gasteiger partial charge >= 0.3 is 0 Å². The van der Waals surface area contributed by atoms with Crippen LogP contribution in [0.5, 0.6) is 0 Å². The lowest BCUT2D eigenvalue weighted by Gasteiger charge is -2.11. The molecule has 1 aromatic heterocycles. The molecule has 2 aromatic rings. The van der Waals surface area contributed by atoms with E-state index in [1.54, 1.807) is 24.3 Å². The second-order valence-corrected chi connectivity index (χ2v) is 5.86. The Morgan fingerprint density at radius 2 is 2.06 bits per heavy atom. The zero-order chi connectivity index (χ0) is 13.3. The number of rotatable bonds is 3. The molecule has 0 radical (unpaired) electrons. The number of aromatic nitrogens is 1. The Bertz CT molecular complexity index is 543. The van der Waals surface area contributed by atoms with Gasteiger partial charge in [-0.1, -0.05) is 12.1 Å². The minimum absolute atomic E-state index is 0.200. The molecule has 0 aliphatic heterocycles. The molecule has 1 unspecified atom stereocenters. The highest BCUT2D eigenvalue weighted by molar-refractivity contribution is 7.11. The highest BCUT2D eigenvalue weighted by Gasteiger charge is 2.12. The van der Waals surface area contributed by atoms with E-state index in [2.05, 4.69) is 4.98 Å². The fraction of sp³-hybridized carbons (Fsp3) is 0.357. The highest BCUT2D eigenvalue weighted by Crippen LogP contribution is 2.23. The number of nitrogens with zero attached hydrogens (tertiary/aromatic N) is 1. The van der Waals surface area contributed by atoms with E-state index in [-0.39, 0.29) is 11.9 Å². The molecule has 0 bridgehead atoms. The maximum atomic E-state index is 13.5. The van der Waals surface area contributed by atoms with Crippen molar-refractivity contribution in [2.45, 2.75) is 33.2 Å². The van der Waals surface area contributed by atoms with Crippen molar-refractivity contribution in [1.82, 2.24) is 4.98 Å². The fourth-order valence-electron chi connectivity index (χ4n) is 1.77. The predicted molar refractivity (Wildman–Crippen MR) is 73.4 cm³/mol. The van der Waals surface area contributed by atoms with E-state index >= 15 is 0 Å². The third kappa shape index (κ3) is 2.76. The van der Waals surface area contributed by atoms with Crippen LogP contribution in [0.15, 0.2) is 18.2 Å². The van der Waals surface area contributed by atoms with Gasteiger partial charge in [0.25, 0.3) is 0 Å². The number of hydrogen-bond acceptors (Lipinski definition) is 3. The lowest BCUT2D eigenvalue weighted by Crippen LogP contribution is -2.13. The van der Waals surface area contributed by atoms with Crippen LogP contribution in [0.2, 0.25) is 0 Å². The summed E-state index contributed by atoms with van der Waals surface area (Å²) in [5.41, 5.74) is 8.63. The summed E-state index contributed by atoms with van der Waals surface area (Å²) in [5.74, 6) is -0.200. The average Bonchev–Trinajstić information content (AvgIpc) is 2.61. The number of nitrogens with two attached hydrogens (primary N) is 1. The van der Waals surface area contributed by atoms with E-state index in [1.807, 2.05) is 19.9 Å². The average molecular weight is 264 g/mol. The number of thiazole rings is 1. The highest BCUT2D eigenvalue weighted by atomic mass is 32.1. The van der Waals surface area contributed by atoms with Gasteiger partial charge in [-0.2, -0.15) is 0 Å². The van der Waals surface area contributed by atoms with Gasteiger partial charge in [0.15, 0.2) is 0 Å². The Morgan fingerprint density at radius 1 is 1.33 bits per heavy atom. The number of hydrogen-bond donors (Lipinski definition) is 1. The maximum Gasteiger partial charge on any atom is 0.126 e. The first-order valence-corrected chi connectivity index (χ1v) is 6.73. The van der Waals surface area contributed by atoms with Crippen molar-refractivity contribution in [3.05, 3.63) is 50.7 Å². The molecule has 0 fully saturated rings. The van der Waals surface area contributed by atoms with E-state index in [9.17, 15) is 4.39 Å². The van der Waals surface area contributed by atoms with Crippen LogP contribution < -0.4 is 5.73 Å². The first-order valence-electron chi connectivity index (χ1n) is 5.92. The monoisotopic (exact) mass is 264 g/mol. The van der Waals surface area contributed by atoms with E-state index in [4.69, 9.17) is 5.73 Å². The molecule has 0 aliphatic rings. The molecule has 0 saturated heterocycles. The maximum absolute atomic E-state index is 13.5. The van der Waals surface area contributed by atoms with Gasteiger partial charge in [-0.3, -0.25) is 0 Å². The van der Waals surface area contributed by atoms with Crippen molar-refractivity contribution in [1.29, 1.82) is 0 Å². The largest absolute Gasteiger partial charge is 0.324 e. The van der Waals surface area contributed by atoms with E-state index in [0.29, 0.717) is 12.0 Å². The molecule has 1 atom stereocenters. The molecule has 96 valence electrons. The molecule has 0 aliphatic carbocycles. The zero-order valence-corrected chi connectivity index (χ0v) is 11.6. The second-order valence-electron chi connectivity index (χ2n) is 4.57. The lowest BCUT2D eigenvalue weighted by molar-refractivity contribution is 0.609. The van der Waals surface area contributed by atoms with Gasteiger partial charge in [-0.05, 0) is 38.0 Å². The summed E-state index contributed by atoms with van der Waals surface area (Å²) in [6, 6.07) is 4.97. The van der Waals surface area contributed by atoms with Crippen molar-refractivity contribution in [2.75, 3.05) is 0 Å². The molecule has 1 heterocycles. The Morgan fingerprint density at radius 3 is 2.61 bits per heavy atom. The number of aryl methyl sites for hydroxylation is 3. The van der Waals surface area contributed by atoms with Gasteiger partial charge < -0.3 is 5.73 Å². The molecule has 0 spiro atoms. The van der Waals surface area contributed by atoms with Crippen molar-refractivity contribution in [2.24, 2.45) is 5.73 Å². The summed E-state index contributed by atoms with van der Waals surface area (Å²) in [4.78, 5) is 5.68. The van der Waals surface area contributed by atoms with E-state index in [0.717, 1.165) is 16.3 Å². The third-order valence-corrected chi connectivity index (χ3v) is 4.19. The minimum Gasteiger partial charge on any atom is -0.324 e. The normalized spacial score (nSPS) is 12.7. The summed E-state index contributed by atoms with van der Waals surface area (Å²) < 4.78 is 13.5. The van der Waals surface area contributed by atoms with Crippen LogP contribution in [-0.4, -0.2) is 4.98 Å². The van der Waals surface area contributed by atoms with Gasteiger partial charge in [0.2, 0.25) is 0 Å². The quantitative estimate of drug-likeness (QED) is 0.922. The van der Waals surface area contributed by atoms with Crippen LogP contribution in [0.3, 0.4) is 0 Å². The Labute approximate surface area is 111 Å². The van der Waals surface area contributed by atoms with Crippen LogP contribution in [0.4, 0.5) is 4.39 Å². The molecular weight excluding hydrogens is 247 g/mol. The van der Waals surface area contributed by atoms with Crippen molar-refractivity contribution < 1.29 is 4.39 Å². The summed E-state index contributed by atoms with van der Waals surface area (Å²) in [7, 11) is 0.